The number of hydrogen-bond donors (Lipinski definition) is 0. The van der Waals surface area contributed by atoms with E-state index in [0.29, 0.717) is 11.4 Å². The molecule has 4 aromatic rings. The number of nitro groups is 1. The molecule has 2 aromatic heterocycles. The van der Waals surface area contributed by atoms with Crippen molar-refractivity contribution >= 4 is 22.1 Å². The highest BCUT2D eigenvalue weighted by Gasteiger charge is 2.13. The normalized spacial score (nSPS) is 11.1. The number of benzene rings is 2. The van der Waals surface area contributed by atoms with Crippen LogP contribution in [0, 0.1) is 10.1 Å². The summed E-state index contributed by atoms with van der Waals surface area (Å²) in [4.78, 5) is 10.5. The zero-order valence-corrected chi connectivity index (χ0v) is 11.4. The second-order valence-corrected chi connectivity index (χ2v) is 4.93. The van der Waals surface area contributed by atoms with Crippen molar-refractivity contribution in [2.24, 2.45) is 0 Å². The lowest BCUT2D eigenvalue weighted by atomic mass is 10.1. The van der Waals surface area contributed by atoms with Crippen molar-refractivity contribution in [1.82, 2.24) is 14.6 Å². The van der Waals surface area contributed by atoms with Crippen LogP contribution in [0.1, 0.15) is 0 Å². The number of aromatic nitrogens is 3. The first-order chi connectivity index (χ1) is 10.7. The number of hydrogen-bond acceptors (Lipinski definition) is 4. The SMILES string of the molecule is O=[N+]([O-])c1cccc(-c2nnc3c4ccccc4ccn23)c1. The number of nitrogens with zero attached hydrogens (tertiary/aromatic N) is 4. The van der Waals surface area contributed by atoms with Gasteiger partial charge in [0.1, 0.15) is 0 Å². The topological polar surface area (TPSA) is 73.3 Å². The fourth-order valence-electron chi connectivity index (χ4n) is 2.57. The summed E-state index contributed by atoms with van der Waals surface area (Å²) >= 11 is 0. The minimum Gasteiger partial charge on any atom is -0.282 e. The zero-order chi connectivity index (χ0) is 15.1. The minimum absolute atomic E-state index is 0.0371. The molecule has 6 heteroatoms. The van der Waals surface area contributed by atoms with Crippen molar-refractivity contribution in [2.45, 2.75) is 0 Å². The lowest BCUT2D eigenvalue weighted by Crippen LogP contribution is -1.92. The van der Waals surface area contributed by atoms with Gasteiger partial charge in [-0.05, 0) is 11.5 Å². The standard InChI is InChI=1S/C16H10N4O2/c21-20(22)13-6-3-5-12(10-13)15-17-18-16-14-7-2-1-4-11(14)8-9-19(15)16/h1-10H. The fourth-order valence-corrected chi connectivity index (χ4v) is 2.57. The predicted octanol–water partition coefficient (Wildman–Crippen LogP) is 3.46. The summed E-state index contributed by atoms with van der Waals surface area (Å²) in [5.74, 6) is 0.587. The van der Waals surface area contributed by atoms with Crippen LogP contribution in [-0.2, 0) is 0 Å². The maximum absolute atomic E-state index is 10.9. The lowest BCUT2D eigenvalue weighted by Gasteiger charge is -2.02. The summed E-state index contributed by atoms with van der Waals surface area (Å²) in [6, 6.07) is 16.3. The number of nitro benzene ring substituents is 1. The van der Waals surface area contributed by atoms with E-state index in [2.05, 4.69) is 10.2 Å². The molecule has 106 valence electrons. The molecule has 0 atom stereocenters. The molecule has 2 aromatic carbocycles. The first kappa shape index (κ1) is 12.5. The minimum atomic E-state index is -0.415. The van der Waals surface area contributed by atoms with Gasteiger partial charge in [-0.15, -0.1) is 10.2 Å². The highest BCUT2D eigenvalue weighted by Crippen LogP contribution is 2.25. The van der Waals surface area contributed by atoms with Crippen LogP contribution in [0.3, 0.4) is 0 Å². The Kier molecular flexibility index (Phi) is 2.62. The Morgan fingerprint density at radius 3 is 2.73 bits per heavy atom. The van der Waals surface area contributed by atoms with Gasteiger partial charge in [0, 0.05) is 29.3 Å². The van der Waals surface area contributed by atoms with Gasteiger partial charge < -0.3 is 0 Å². The van der Waals surface area contributed by atoms with E-state index in [9.17, 15) is 10.1 Å². The molecule has 0 radical (unpaired) electrons. The molecule has 0 N–H and O–H groups in total. The Hall–Kier alpha value is -3.28. The third kappa shape index (κ3) is 1.81. The maximum atomic E-state index is 10.9. The molecule has 0 saturated heterocycles. The lowest BCUT2D eigenvalue weighted by molar-refractivity contribution is -0.384. The Bertz CT molecular complexity index is 1020. The van der Waals surface area contributed by atoms with Gasteiger partial charge in [0.15, 0.2) is 11.5 Å². The summed E-state index contributed by atoms with van der Waals surface area (Å²) in [6.45, 7) is 0. The molecule has 0 unspecified atom stereocenters. The fraction of sp³-hybridized carbons (Fsp3) is 0. The van der Waals surface area contributed by atoms with E-state index < -0.39 is 4.92 Å². The van der Waals surface area contributed by atoms with Gasteiger partial charge in [-0.2, -0.15) is 0 Å². The Morgan fingerprint density at radius 1 is 1.00 bits per heavy atom. The van der Waals surface area contributed by atoms with Gasteiger partial charge >= 0.3 is 0 Å². The maximum Gasteiger partial charge on any atom is 0.270 e. The van der Waals surface area contributed by atoms with Crippen molar-refractivity contribution in [3.63, 3.8) is 0 Å². The molecular formula is C16H10N4O2. The Balaban J connectivity index is 1.98. The predicted molar refractivity (Wildman–Crippen MR) is 82.6 cm³/mol. The molecule has 0 bridgehead atoms. The molecule has 2 heterocycles. The number of rotatable bonds is 2. The van der Waals surface area contributed by atoms with Crippen LogP contribution in [-0.4, -0.2) is 19.5 Å². The first-order valence-corrected chi connectivity index (χ1v) is 6.71. The summed E-state index contributed by atoms with van der Waals surface area (Å²) in [6.07, 6.45) is 1.88. The highest BCUT2D eigenvalue weighted by molar-refractivity contribution is 5.94. The van der Waals surface area contributed by atoms with Crippen LogP contribution in [0.2, 0.25) is 0 Å². The van der Waals surface area contributed by atoms with Crippen molar-refractivity contribution in [3.05, 3.63) is 70.9 Å². The van der Waals surface area contributed by atoms with E-state index in [0.717, 1.165) is 16.4 Å². The van der Waals surface area contributed by atoms with Crippen molar-refractivity contribution in [3.8, 4) is 11.4 Å². The average Bonchev–Trinajstić information content (AvgIpc) is 2.99. The van der Waals surface area contributed by atoms with Crippen LogP contribution in [0.4, 0.5) is 5.69 Å². The highest BCUT2D eigenvalue weighted by atomic mass is 16.6. The number of non-ortho nitro benzene ring substituents is 1. The van der Waals surface area contributed by atoms with Gasteiger partial charge in [-0.3, -0.25) is 14.5 Å². The summed E-state index contributed by atoms with van der Waals surface area (Å²) in [5, 5.41) is 21.4. The van der Waals surface area contributed by atoms with Crippen LogP contribution >= 0.6 is 0 Å². The molecule has 6 nitrogen and oxygen atoms in total. The smallest absolute Gasteiger partial charge is 0.270 e. The molecule has 0 fully saturated rings. The van der Waals surface area contributed by atoms with Gasteiger partial charge in [-0.25, -0.2) is 0 Å². The molecule has 0 spiro atoms. The van der Waals surface area contributed by atoms with Crippen LogP contribution in [0.5, 0.6) is 0 Å². The van der Waals surface area contributed by atoms with E-state index in [1.165, 1.54) is 12.1 Å². The van der Waals surface area contributed by atoms with Crippen LogP contribution in [0.15, 0.2) is 60.8 Å². The van der Waals surface area contributed by atoms with E-state index in [-0.39, 0.29) is 5.69 Å². The number of fused-ring (bicyclic) bond motifs is 3. The third-order valence-electron chi connectivity index (χ3n) is 3.62. The quantitative estimate of drug-likeness (QED) is 0.418. The molecule has 0 aliphatic rings. The van der Waals surface area contributed by atoms with Crippen molar-refractivity contribution < 1.29 is 4.92 Å². The summed E-state index contributed by atoms with van der Waals surface area (Å²) < 4.78 is 1.85. The van der Waals surface area contributed by atoms with Gasteiger partial charge in [0.2, 0.25) is 0 Å². The summed E-state index contributed by atoms with van der Waals surface area (Å²) in [5.41, 5.74) is 1.44. The molecule has 0 saturated carbocycles. The van der Waals surface area contributed by atoms with Gasteiger partial charge in [0.05, 0.1) is 4.92 Å². The third-order valence-corrected chi connectivity index (χ3v) is 3.62. The largest absolute Gasteiger partial charge is 0.282 e. The number of pyridine rings is 1. The molecule has 0 aliphatic carbocycles. The Morgan fingerprint density at radius 2 is 1.86 bits per heavy atom. The monoisotopic (exact) mass is 290 g/mol. The molecule has 0 amide bonds. The van der Waals surface area contributed by atoms with Gasteiger partial charge in [0.25, 0.3) is 5.69 Å². The van der Waals surface area contributed by atoms with Gasteiger partial charge in [-0.1, -0.05) is 36.4 Å². The van der Waals surface area contributed by atoms with E-state index in [4.69, 9.17) is 0 Å². The Labute approximate surface area is 124 Å². The molecule has 22 heavy (non-hydrogen) atoms. The summed E-state index contributed by atoms with van der Waals surface area (Å²) in [7, 11) is 0. The molecule has 0 aliphatic heterocycles. The van der Waals surface area contributed by atoms with E-state index in [1.807, 2.05) is 40.9 Å². The second kappa shape index (κ2) is 4.63. The zero-order valence-electron chi connectivity index (χ0n) is 11.4. The average molecular weight is 290 g/mol. The molecular weight excluding hydrogens is 280 g/mol. The van der Waals surface area contributed by atoms with Crippen LogP contribution < -0.4 is 0 Å². The first-order valence-electron chi connectivity index (χ1n) is 6.71. The van der Waals surface area contributed by atoms with E-state index >= 15 is 0 Å². The molecule has 4 rings (SSSR count). The van der Waals surface area contributed by atoms with Crippen molar-refractivity contribution in [2.75, 3.05) is 0 Å². The second-order valence-electron chi connectivity index (χ2n) is 4.93. The van der Waals surface area contributed by atoms with Crippen LogP contribution in [0.25, 0.3) is 27.8 Å². The van der Waals surface area contributed by atoms with Crippen molar-refractivity contribution in [1.29, 1.82) is 0 Å². The van der Waals surface area contributed by atoms with E-state index in [1.54, 1.807) is 12.1 Å².